The first-order chi connectivity index (χ1) is 8.06. The van der Waals surface area contributed by atoms with E-state index in [-0.39, 0.29) is 5.82 Å². The average molecular weight is 277 g/mol. The van der Waals surface area contributed by atoms with E-state index in [1.165, 1.54) is 24.6 Å². The maximum atomic E-state index is 10.7. The van der Waals surface area contributed by atoms with Gasteiger partial charge in [0, 0.05) is 17.6 Å². The van der Waals surface area contributed by atoms with Gasteiger partial charge in [-0.25, -0.2) is 4.98 Å². The van der Waals surface area contributed by atoms with Crippen LogP contribution in [0.3, 0.4) is 0 Å². The minimum atomic E-state index is -0.456. The van der Waals surface area contributed by atoms with Gasteiger partial charge in [0.2, 0.25) is 0 Å². The highest BCUT2D eigenvalue weighted by Crippen LogP contribution is 2.19. The second kappa shape index (κ2) is 6.41. The molecule has 1 rings (SSSR count). The highest BCUT2D eigenvalue weighted by molar-refractivity contribution is 7.15. The zero-order valence-corrected chi connectivity index (χ0v) is 11.1. The fourth-order valence-electron chi connectivity index (χ4n) is 1.18. The first-order valence-electron chi connectivity index (χ1n) is 4.95. The molecule has 0 bridgehead atoms. The summed E-state index contributed by atoms with van der Waals surface area (Å²) in [5, 5.41) is 13.2. The summed E-state index contributed by atoms with van der Waals surface area (Å²) in [6.07, 6.45) is 3.16. The van der Waals surface area contributed by atoms with Crippen molar-refractivity contribution in [1.82, 2.24) is 15.2 Å². The molecule has 0 spiro atoms. The second-order valence-electron chi connectivity index (χ2n) is 3.16. The van der Waals surface area contributed by atoms with Gasteiger partial charge in [0.1, 0.15) is 0 Å². The molecule has 1 aromatic heterocycles. The Labute approximate surface area is 108 Å². The molecule has 1 aromatic rings. The maximum absolute atomic E-state index is 10.7. The number of nitrogens with one attached hydrogen (secondary N) is 1. The number of hydrogen-bond acceptors (Lipinski definition) is 6. The van der Waals surface area contributed by atoms with Gasteiger partial charge in [0.15, 0.2) is 4.47 Å². The number of hydrogen-bond donors (Lipinski definition) is 1. The zero-order chi connectivity index (χ0) is 12.8. The lowest BCUT2D eigenvalue weighted by atomic mass is 10.4. The van der Waals surface area contributed by atoms with Crippen LogP contribution in [-0.2, 0) is 6.54 Å². The van der Waals surface area contributed by atoms with Crippen molar-refractivity contribution in [2.45, 2.75) is 13.5 Å². The smallest absolute Gasteiger partial charge is 0.331 e. The molecule has 1 heterocycles. The highest BCUT2D eigenvalue weighted by Gasteiger charge is 2.09. The summed E-state index contributed by atoms with van der Waals surface area (Å²) in [7, 11) is 1.52. The van der Waals surface area contributed by atoms with Crippen LogP contribution in [0.1, 0.15) is 11.8 Å². The molecule has 8 heteroatoms. The number of aromatic nitrogens is 1. The van der Waals surface area contributed by atoms with E-state index in [2.05, 4.69) is 10.3 Å². The van der Waals surface area contributed by atoms with E-state index < -0.39 is 4.92 Å². The predicted octanol–water partition coefficient (Wildman–Crippen LogP) is 1.91. The lowest BCUT2D eigenvalue weighted by Crippen LogP contribution is -2.22. The Morgan fingerprint density at radius 2 is 2.53 bits per heavy atom. The summed E-state index contributed by atoms with van der Waals surface area (Å²) in [6, 6.07) is 0. The number of nitro groups is 1. The molecule has 1 N–H and O–H groups in total. The molecule has 0 saturated heterocycles. The highest BCUT2D eigenvalue weighted by atomic mass is 35.5. The summed E-state index contributed by atoms with van der Waals surface area (Å²) in [6.45, 7) is 3.14. The fraction of sp³-hybridized carbons (Fsp3) is 0.444. The molecule has 0 aliphatic carbocycles. The van der Waals surface area contributed by atoms with Crippen molar-refractivity contribution in [3.8, 4) is 0 Å². The van der Waals surface area contributed by atoms with E-state index in [4.69, 9.17) is 11.6 Å². The van der Waals surface area contributed by atoms with E-state index >= 15 is 0 Å². The van der Waals surface area contributed by atoms with Crippen LogP contribution in [0, 0.1) is 10.1 Å². The van der Waals surface area contributed by atoms with Crippen LogP contribution >= 0.6 is 22.9 Å². The minimum absolute atomic E-state index is 0.0394. The normalized spacial score (nSPS) is 11.4. The van der Waals surface area contributed by atoms with Gasteiger partial charge in [-0.1, -0.05) is 11.6 Å². The lowest BCUT2D eigenvalue weighted by Gasteiger charge is -2.16. The van der Waals surface area contributed by atoms with Crippen LogP contribution in [0.4, 0.5) is 0 Å². The Bertz CT molecular complexity index is 421. The van der Waals surface area contributed by atoms with E-state index in [0.29, 0.717) is 17.6 Å². The van der Waals surface area contributed by atoms with Crippen LogP contribution < -0.4 is 5.32 Å². The molecule has 0 unspecified atom stereocenters. The van der Waals surface area contributed by atoms with Crippen molar-refractivity contribution < 1.29 is 4.92 Å². The van der Waals surface area contributed by atoms with E-state index in [9.17, 15) is 10.1 Å². The third kappa shape index (κ3) is 4.20. The number of rotatable bonds is 6. The molecule has 6 nitrogen and oxygen atoms in total. The molecule has 0 atom stereocenters. The molecule has 0 fully saturated rings. The molecule has 0 aliphatic rings. The van der Waals surface area contributed by atoms with Gasteiger partial charge in [-0.3, -0.25) is 5.32 Å². The van der Waals surface area contributed by atoms with Crippen molar-refractivity contribution in [3.05, 3.63) is 37.7 Å². The van der Waals surface area contributed by atoms with Crippen LogP contribution in [0.15, 0.2) is 18.2 Å². The van der Waals surface area contributed by atoms with Crippen molar-refractivity contribution >= 4 is 22.9 Å². The van der Waals surface area contributed by atoms with Crippen molar-refractivity contribution in [2.24, 2.45) is 0 Å². The van der Waals surface area contributed by atoms with Gasteiger partial charge in [-0.05, 0) is 11.8 Å². The molecule has 94 valence electrons. The van der Waals surface area contributed by atoms with Gasteiger partial charge >= 0.3 is 5.82 Å². The van der Waals surface area contributed by atoms with Crippen LogP contribution in [0.25, 0.3) is 0 Å². The molecule has 0 saturated carbocycles. The molecule has 0 amide bonds. The Kier molecular flexibility index (Phi) is 5.17. The Balaban J connectivity index is 2.75. The Morgan fingerprint density at radius 1 is 1.82 bits per heavy atom. The van der Waals surface area contributed by atoms with Crippen LogP contribution in [0.5, 0.6) is 0 Å². The predicted molar refractivity (Wildman–Crippen MR) is 67.3 cm³/mol. The number of halogens is 1. The largest absolute Gasteiger partial charge is 0.366 e. The molecular formula is C9H13ClN4O2S. The first kappa shape index (κ1) is 13.7. The zero-order valence-electron chi connectivity index (χ0n) is 9.51. The lowest BCUT2D eigenvalue weighted by molar-refractivity contribution is -0.432. The monoisotopic (exact) mass is 276 g/mol. The van der Waals surface area contributed by atoms with E-state index in [1.54, 1.807) is 6.20 Å². The van der Waals surface area contributed by atoms with Crippen LogP contribution in [-0.4, -0.2) is 28.4 Å². The minimum Gasteiger partial charge on any atom is -0.366 e. The third-order valence-corrected chi connectivity index (χ3v) is 3.15. The van der Waals surface area contributed by atoms with Crippen LogP contribution in [0.2, 0.25) is 4.47 Å². The molecule has 0 aromatic carbocycles. The third-order valence-electron chi connectivity index (χ3n) is 2.05. The first-order valence-corrected chi connectivity index (χ1v) is 6.14. The van der Waals surface area contributed by atoms with Crippen molar-refractivity contribution in [1.29, 1.82) is 0 Å². The SMILES string of the molecule is CCN(/C=C(\NC)[N+](=O)[O-])Cc1cnc(Cl)s1. The van der Waals surface area contributed by atoms with E-state index in [0.717, 1.165) is 4.88 Å². The average Bonchev–Trinajstić information content (AvgIpc) is 2.69. The van der Waals surface area contributed by atoms with Gasteiger partial charge < -0.3 is 15.0 Å². The van der Waals surface area contributed by atoms with Gasteiger partial charge in [-0.2, -0.15) is 0 Å². The quantitative estimate of drug-likeness (QED) is 0.635. The Hall–Kier alpha value is -1.34. The molecule has 17 heavy (non-hydrogen) atoms. The summed E-state index contributed by atoms with van der Waals surface area (Å²) >= 11 is 7.09. The van der Waals surface area contributed by atoms with Crippen molar-refractivity contribution in [2.75, 3.05) is 13.6 Å². The topological polar surface area (TPSA) is 71.3 Å². The Morgan fingerprint density at radius 3 is 2.94 bits per heavy atom. The van der Waals surface area contributed by atoms with Gasteiger partial charge in [0.25, 0.3) is 0 Å². The molecule has 0 radical (unpaired) electrons. The van der Waals surface area contributed by atoms with Gasteiger partial charge in [0.05, 0.1) is 19.8 Å². The summed E-state index contributed by atoms with van der Waals surface area (Å²) in [5.41, 5.74) is 0. The van der Waals surface area contributed by atoms with E-state index in [1.807, 2.05) is 11.8 Å². The fourth-order valence-corrected chi connectivity index (χ4v) is 2.19. The summed E-state index contributed by atoms with van der Waals surface area (Å²) in [5.74, 6) is -0.0394. The summed E-state index contributed by atoms with van der Waals surface area (Å²) in [4.78, 5) is 16.9. The maximum Gasteiger partial charge on any atom is 0.331 e. The number of thiazole rings is 1. The molecule has 0 aliphatic heterocycles. The summed E-state index contributed by atoms with van der Waals surface area (Å²) < 4.78 is 0.475. The standard InChI is InChI=1S/C9H13ClN4O2S/c1-3-13(6-8(11-2)14(15)16)5-7-4-12-9(10)17-7/h4,6,11H,3,5H2,1-2H3/b8-6+. The second-order valence-corrected chi connectivity index (χ2v) is 4.86. The molecular weight excluding hydrogens is 264 g/mol. The number of nitrogens with zero attached hydrogens (tertiary/aromatic N) is 3. The van der Waals surface area contributed by atoms with Gasteiger partial charge in [-0.15, -0.1) is 11.3 Å². The van der Waals surface area contributed by atoms with Crippen molar-refractivity contribution in [3.63, 3.8) is 0 Å².